The summed E-state index contributed by atoms with van der Waals surface area (Å²) < 4.78 is 0. The average Bonchev–Trinajstić information content (AvgIpc) is 1.89. The Balaban J connectivity index is 2.99. The lowest BCUT2D eigenvalue weighted by atomic mass is 10.4. The Morgan fingerprint density at radius 3 is 2.89 bits per heavy atom. The molecule has 0 saturated carbocycles. The van der Waals surface area contributed by atoms with Crippen molar-refractivity contribution >= 4 is 11.8 Å². The van der Waals surface area contributed by atoms with Crippen LogP contribution in [0.5, 0.6) is 0 Å². The van der Waals surface area contributed by atoms with Gasteiger partial charge in [0.05, 0.1) is 12.7 Å². The molecule has 4 heteroatoms. The zero-order chi connectivity index (χ0) is 7.11. The Hall–Kier alpha value is -0.240. The number of rotatable bonds is 4. The molecule has 3 N–H and O–H groups in total. The van der Waals surface area contributed by atoms with Crippen molar-refractivity contribution < 1.29 is 5.11 Å². The van der Waals surface area contributed by atoms with Gasteiger partial charge < -0.3 is 10.8 Å². The molecule has 0 fully saturated rings. The summed E-state index contributed by atoms with van der Waals surface area (Å²) in [5.41, 5.74) is 5.25. The minimum absolute atomic E-state index is 0.156. The Bertz CT molecular complexity index is 102. The molecule has 0 aromatic heterocycles. The summed E-state index contributed by atoms with van der Waals surface area (Å²) in [7, 11) is 0. The van der Waals surface area contributed by atoms with Crippen LogP contribution >= 0.6 is 11.8 Å². The average molecular weight is 146 g/mol. The van der Waals surface area contributed by atoms with Crippen LogP contribution in [-0.2, 0) is 0 Å². The number of hydrogen-bond donors (Lipinski definition) is 2. The molecule has 0 aromatic rings. The van der Waals surface area contributed by atoms with Gasteiger partial charge in [-0.1, -0.05) is 0 Å². The number of thioether (sulfide) groups is 1. The molecule has 9 heavy (non-hydrogen) atoms. The molecule has 0 bridgehead atoms. The normalized spacial score (nSPS) is 12.6. The van der Waals surface area contributed by atoms with Crippen LogP contribution in [0.4, 0.5) is 0 Å². The number of nitrogens with two attached hydrogens (primary N) is 1. The quantitative estimate of drug-likeness (QED) is 0.528. The van der Waals surface area contributed by atoms with E-state index in [1.165, 1.54) is 11.8 Å². The maximum Gasteiger partial charge on any atom is 0.102 e. The number of nitriles is 1. The predicted octanol–water partition coefficient (Wildman–Crippen LogP) is -0.437. The minimum Gasteiger partial charge on any atom is -0.396 e. The fraction of sp³-hybridized carbons (Fsp3) is 0.800. The third kappa shape index (κ3) is 5.63. The van der Waals surface area contributed by atoms with Crippen LogP contribution < -0.4 is 5.73 Å². The van der Waals surface area contributed by atoms with Crippen LogP contribution in [0.2, 0.25) is 0 Å². The Kier molecular flexibility index (Phi) is 5.73. The van der Waals surface area contributed by atoms with E-state index >= 15 is 0 Å². The smallest absolute Gasteiger partial charge is 0.102 e. The molecule has 0 aromatic carbocycles. The molecule has 0 heterocycles. The lowest BCUT2D eigenvalue weighted by Crippen LogP contribution is -2.20. The molecular formula is C5H10N2OS. The molecular weight excluding hydrogens is 136 g/mol. The summed E-state index contributed by atoms with van der Waals surface area (Å²) in [4.78, 5) is 0. The zero-order valence-electron chi connectivity index (χ0n) is 5.08. The van der Waals surface area contributed by atoms with Gasteiger partial charge in [-0.05, 0) is 0 Å². The van der Waals surface area contributed by atoms with Gasteiger partial charge in [0, 0.05) is 11.5 Å². The highest BCUT2D eigenvalue weighted by Crippen LogP contribution is 1.98. The molecule has 1 atom stereocenters. The van der Waals surface area contributed by atoms with Crippen LogP contribution in [0.3, 0.4) is 0 Å². The molecule has 0 aliphatic heterocycles. The molecule has 0 saturated heterocycles. The van der Waals surface area contributed by atoms with Crippen LogP contribution in [0, 0.1) is 11.3 Å². The van der Waals surface area contributed by atoms with Crippen molar-refractivity contribution in [2.75, 3.05) is 18.1 Å². The van der Waals surface area contributed by atoms with Crippen molar-refractivity contribution in [1.29, 1.82) is 5.26 Å². The first-order valence-corrected chi connectivity index (χ1v) is 3.80. The standard InChI is InChI=1S/C5H10N2OS/c6-3-5(7)4-9-2-1-8/h5,8H,1-2,4,7H2. The number of aliphatic hydroxyl groups excluding tert-OH is 1. The summed E-state index contributed by atoms with van der Waals surface area (Å²) >= 11 is 1.49. The van der Waals surface area contributed by atoms with E-state index in [0.29, 0.717) is 11.5 Å². The molecule has 3 nitrogen and oxygen atoms in total. The van der Waals surface area contributed by atoms with Crippen LogP contribution in [-0.4, -0.2) is 29.3 Å². The van der Waals surface area contributed by atoms with Gasteiger partial charge in [0.15, 0.2) is 0 Å². The van der Waals surface area contributed by atoms with Crippen molar-refractivity contribution in [2.24, 2.45) is 5.73 Å². The molecule has 0 radical (unpaired) electrons. The molecule has 52 valence electrons. The minimum atomic E-state index is -0.387. The SMILES string of the molecule is N#CC(N)CSCCO. The molecule has 0 rings (SSSR count). The van der Waals surface area contributed by atoms with Gasteiger partial charge in [-0.3, -0.25) is 0 Å². The summed E-state index contributed by atoms with van der Waals surface area (Å²) in [6, 6.07) is 1.51. The van der Waals surface area contributed by atoms with Gasteiger partial charge in [-0.25, -0.2) is 0 Å². The number of hydrogen-bond acceptors (Lipinski definition) is 4. The Morgan fingerprint density at radius 1 is 1.78 bits per heavy atom. The fourth-order valence-electron chi connectivity index (χ4n) is 0.312. The van der Waals surface area contributed by atoms with Gasteiger partial charge in [0.1, 0.15) is 6.04 Å². The van der Waals surface area contributed by atoms with E-state index < -0.39 is 0 Å². The van der Waals surface area contributed by atoms with Gasteiger partial charge in [0.2, 0.25) is 0 Å². The van der Waals surface area contributed by atoms with Crippen LogP contribution in [0.1, 0.15) is 0 Å². The second-order valence-electron chi connectivity index (χ2n) is 1.53. The van der Waals surface area contributed by atoms with Crippen LogP contribution in [0.25, 0.3) is 0 Å². The van der Waals surface area contributed by atoms with E-state index in [1.807, 2.05) is 6.07 Å². The largest absolute Gasteiger partial charge is 0.396 e. The molecule has 0 aliphatic carbocycles. The Morgan fingerprint density at radius 2 is 2.44 bits per heavy atom. The first kappa shape index (κ1) is 8.76. The van der Waals surface area contributed by atoms with Crippen molar-refractivity contribution in [3.8, 4) is 6.07 Å². The zero-order valence-corrected chi connectivity index (χ0v) is 5.90. The van der Waals surface area contributed by atoms with E-state index in [0.717, 1.165) is 0 Å². The number of aliphatic hydroxyl groups is 1. The fourth-order valence-corrected chi connectivity index (χ4v) is 0.936. The van der Waals surface area contributed by atoms with Crippen molar-refractivity contribution in [1.82, 2.24) is 0 Å². The second-order valence-corrected chi connectivity index (χ2v) is 2.68. The summed E-state index contributed by atoms with van der Waals surface area (Å²) in [5.74, 6) is 1.27. The maximum atomic E-state index is 8.31. The first-order valence-electron chi connectivity index (χ1n) is 2.65. The van der Waals surface area contributed by atoms with Crippen molar-refractivity contribution in [3.63, 3.8) is 0 Å². The topological polar surface area (TPSA) is 70.0 Å². The van der Waals surface area contributed by atoms with E-state index in [2.05, 4.69) is 0 Å². The van der Waals surface area contributed by atoms with E-state index in [9.17, 15) is 0 Å². The predicted molar refractivity (Wildman–Crippen MR) is 38.0 cm³/mol. The monoisotopic (exact) mass is 146 g/mol. The third-order valence-electron chi connectivity index (χ3n) is 0.699. The Labute approximate surface area is 58.8 Å². The van der Waals surface area contributed by atoms with E-state index in [1.54, 1.807) is 0 Å². The summed E-state index contributed by atoms with van der Waals surface area (Å²) in [6.07, 6.45) is 0. The highest BCUT2D eigenvalue weighted by Gasteiger charge is 1.97. The van der Waals surface area contributed by atoms with E-state index in [4.69, 9.17) is 16.1 Å². The number of nitrogens with zero attached hydrogens (tertiary/aromatic N) is 1. The van der Waals surface area contributed by atoms with Crippen LogP contribution in [0.15, 0.2) is 0 Å². The lowest BCUT2D eigenvalue weighted by molar-refractivity contribution is 0.322. The highest BCUT2D eigenvalue weighted by atomic mass is 32.2. The van der Waals surface area contributed by atoms with Crippen molar-refractivity contribution in [3.05, 3.63) is 0 Å². The lowest BCUT2D eigenvalue weighted by Gasteiger charge is -1.98. The molecule has 1 unspecified atom stereocenters. The summed E-state index contributed by atoms with van der Waals surface area (Å²) in [6.45, 7) is 0.156. The van der Waals surface area contributed by atoms with Gasteiger partial charge in [-0.2, -0.15) is 17.0 Å². The molecule has 0 spiro atoms. The van der Waals surface area contributed by atoms with Gasteiger partial charge in [-0.15, -0.1) is 0 Å². The molecule has 0 amide bonds. The molecule has 0 aliphatic rings. The first-order chi connectivity index (χ1) is 4.31. The second kappa shape index (κ2) is 5.89. The van der Waals surface area contributed by atoms with E-state index in [-0.39, 0.29) is 12.6 Å². The highest BCUT2D eigenvalue weighted by molar-refractivity contribution is 7.99. The third-order valence-corrected chi connectivity index (χ3v) is 1.76. The van der Waals surface area contributed by atoms with Gasteiger partial charge in [0.25, 0.3) is 0 Å². The summed E-state index contributed by atoms with van der Waals surface area (Å²) in [5, 5.41) is 16.5. The maximum absolute atomic E-state index is 8.31. The van der Waals surface area contributed by atoms with Gasteiger partial charge >= 0.3 is 0 Å². The van der Waals surface area contributed by atoms with Crippen molar-refractivity contribution in [2.45, 2.75) is 6.04 Å².